The van der Waals surface area contributed by atoms with E-state index in [2.05, 4.69) is 10.1 Å². The minimum absolute atomic E-state index is 0.142. The highest BCUT2D eigenvalue weighted by Gasteiger charge is 2.32. The van der Waals surface area contributed by atoms with E-state index in [0.717, 1.165) is 6.07 Å². The zero-order chi connectivity index (χ0) is 13.2. The van der Waals surface area contributed by atoms with Gasteiger partial charge in [0.05, 0.1) is 11.9 Å². The van der Waals surface area contributed by atoms with E-state index in [-0.39, 0.29) is 5.82 Å². The SMILES string of the molecule is C/C=C/c1ccnn1-c1cccc(C(F)(F)F)n1. The Morgan fingerprint density at radius 1 is 1.22 bits per heavy atom. The molecule has 0 saturated heterocycles. The van der Waals surface area contributed by atoms with Crippen molar-refractivity contribution in [1.82, 2.24) is 14.8 Å². The van der Waals surface area contributed by atoms with Gasteiger partial charge >= 0.3 is 6.18 Å². The standard InChI is InChI=1S/C12H10F3N3/c1-2-4-9-7-8-16-18(9)11-6-3-5-10(17-11)12(13,14)15/h2-8H,1H3/b4-2+. The topological polar surface area (TPSA) is 30.7 Å². The van der Waals surface area contributed by atoms with Gasteiger partial charge < -0.3 is 0 Å². The summed E-state index contributed by atoms with van der Waals surface area (Å²) in [6, 6.07) is 5.42. The van der Waals surface area contributed by atoms with E-state index in [4.69, 9.17) is 0 Å². The zero-order valence-corrected chi connectivity index (χ0v) is 9.52. The Bertz CT molecular complexity index is 570. The van der Waals surface area contributed by atoms with Gasteiger partial charge in [0.15, 0.2) is 5.82 Å². The maximum atomic E-state index is 12.6. The van der Waals surface area contributed by atoms with E-state index < -0.39 is 11.9 Å². The number of allylic oxidation sites excluding steroid dienone is 1. The van der Waals surface area contributed by atoms with Gasteiger partial charge in [-0.25, -0.2) is 9.67 Å². The Labute approximate surface area is 102 Å². The maximum absolute atomic E-state index is 12.6. The second-order valence-corrected chi connectivity index (χ2v) is 3.55. The lowest BCUT2D eigenvalue weighted by molar-refractivity contribution is -0.141. The second-order valence-electron chi connectivity index (χ2n) is 3.55. The first-order valence-corrected chi connectivity index (χ1v) is 5.23. The summed E-state index contributed by atoms with van der Waals surface area (Å²) < 4.78 is 39.0. The number of hydrogen-bond donors (Lipinski definition) is 0. The Balaban J connectivity index is 2.48. The maximum Gasteiger partial charge on any atom is 0.433 e. The summed E-state index contributed by atoms with van der Waals surface area (Å²) in [6.07, 6.45) is 0.581. The number of pyridine rings is 1. The van der Waals surface area contributed by atoms with Crippen LogP contribution in [0.3, 0.4) is 0 Å². The molecule has 0 unspecified atom stereocenters. The van der Waals surface area contributed by atoms with Crippen molar-refractivity contribution in [3.8, 4) is 5.82 Å². The molecule has 0 fully saturated rings. The van der Waals surface area contributed by atoms with E-state index in [1.165, 1.54) is 23.0 Å². The molecule has 2 aromatic rings. The molecule has 0 radical (unpaired) electrons. The lowest BCUT2D eigenvalue weighted by atomic mass is 10.3. The monoisotopic (exact) mass is 253 g/mol. The molecular formula is C12H10F3N3. The first-order chi connectivity index (χ1) is 8.52. The summed E-state index contributed by atoms with van der Waals surface area (Å²) in [5.41, 5.74) is -0.258. The average molecular weight is 253 g/mol. The lowest BCUT2D eigenvalue weighted by Gasteiger charge is -2.08. The third-order valence-electron chi connectivity index (χ3n) is 2.25. The van der Waals surface area contributed by atoms with Gasteiger partial charge in [-0.3, -0.25) is 0 Å². The molecule has 0 aromatic carbocycles. The van der Waals surface area contributed by atoms with Gasteiger partial charge in [-0.1, -0.05) is 12.1 Å². The van der Waals surface area contributed by atoms with E-state index in [1.54, 1.807) is 18.2 Å². The summed E-state index contributed by atoms with van der Waals surface area (Å²) in [5, 5.41) is 3.96. The Morgan fingerprint density at radius 2 is 2.00 bits per heavy atom. The molecule has 3 nitrogen and oxygen atoms in total. The fourth-order valence-corrected chi connectivity index (χ4v) is 1.50. The number of alkyl halides is 3. The molecule has 18 heavy (non-hydrogen) atoms. The third kappa shape index (κ3) is 2.42. The van der Waals surface area contributed by atoms with Crippen molar-refractivity contribution in [2.75, 3.05) is 0 Å². The van der Waals surface area contributed by atoms with Gasteiger partial charge in [-0.2, -0.15) is 18.3 Å². The highest BCUT2D eigenvalue weighted by atomic mass is 19.4. The van der Waals surface area contributed by atoms with Crippen molar-refractivity contribution in [2.24, 2.45) is 0 Å². The minimum atomic E-state index is -4.45. The number of hydrogen-bond acceptors (Lipinski definition) is 2. The molecule has 0 bridgehead atoms. The van der Waals surface area contributed by atoms with Crippen molar-refractivity contribution in [3.63, 3.8) is 0 Å². The van der Waals surface area contributed by atoms with E-state index in [1.807, 2.05) is 6.92 Å². The summed E-state index contributed by atoms with van der Waals surface area (Å²) in [6.45, 7) is 1.82. The quantitative estimate of drug-likeness (QED) is 0.822. The first kappa shape index (κ1) is 12.3. The van der Waals surface area contributed by atoms with Crippen LogP contribution < -0.4 is 0 Å². The van der Waals surface area contributed by atoms with Crippen LogP contribution in [0.5, 0.6) is 0 Å². The molecule has 0 amide bonds. The fraction of sp³-hybridized carbons (Fsp3) is 0.167. The molecule has 2 aromatic heterocycles. The van der Waals surface area contributed by atoms with Gasteiger partial charge in [0.25, 0.3) is 0 Å². The smallest absolute Gasteiger partial charge is 0.224 e. The van der Waals surface area contributed by atoms with Crippen LogP contribution in [0, 0.1) is 0 Å². The normalized spacial score (nSPS) is 12.2. The molecule has 0 aliphatic heterocycles. The van der Waals surface area contributed by atoms with Crippen molar-refractivity contribution in [1.29, 1.82) is 0 Å². The minimum Gasteiger partial charge on any atom is -0.224 e. The van der Waals surface area contributed by atoms with E-state index in [9.17, 15) is 13.2 Å². The van der Waals surface area contributed by atoms with Gasteiger partial charge in [-0.15, -0.1) is 0 Å². The highest BCUT2D eigenvalue weighted by Crippen LogP contribution is 2.28. The molecular weight excluding hydrogens is 243 g/mol. The Kier molecular flexibility index (Phi) is 3.18. The number of halogens is 3. The van der Waals surface area contributed by atoms with E-state index >= 15 is 0 Å². The van der Waals surface area contributed by atoms with Crippen LogP contribution in [0.1, 0.15) is 18.3 Å². The molecule has 0 spiro atoms. The third-order valence-corrected chi connectivity index (χ3v) is 2.25. The number of rotatable bonds is 2. The van der Waals surface area contributed by atoms with E-state index in [0.29, 0.717) is 5.69 Å². The second kappa shape index (κ2) is 4.64. The largest absolute Gasteiger partial charge is 0.433 e. The van der Waals surface area contributed by atoms with Crippen LogP contribution in [0.25, 0.3) is 11.9 Å². The van der Waals surface area contributed by atoms with Crippen LogP contribution in [-0.2, 0) is 6.18 Å². The average Bonchev–Trinajstić information content (AvgIpc) is 2.77. The van der Waals surface area contributed by atoms with Crippen LogP contribution in [0.15, 0.2) is 36.5 Å². The van der Waals surface area contributed by atoms with Crippen LogP contribution in [-0.4, -0.2) is 14.8 Å². The predicted molar refractivity (Wildman–Crippen MR) is 61.1 cm³/mol. The van der Waals surface area contributed by atoms with Gasteiger partial charge in [-0.05, 0) is 31.2 Å². The van der Waals surface area contributed by atoms with Crippen LogP contribution in [0.2, 0.25) is 0 Å². The van der Waals surface area contributed by atoms with Crippen molar-refractivity contribution < 1.29 is 13.2 Å². The predicted octanol–water partition coefficient (Wildman–Crippen LogP) is 3.32. The number of aromatic nitrogens is 3. The van der Waals surface area contributed by atoms with Crippen molar-refractivity contribution in [3.05, 3.63) is 47.9 Å². The van der Waals surface area contributed by atoms with Crippen LogP contribution in [0.4, 0.5) is 13.2 Å². The summed E-state index contributed by atoms with van der Waals surface area (Å²) in [4.78, 5) is 3.57. The fourth-order valence-electron chi connectivity index (χ4n) is 1.50. The number of nitrogens with zero attached hydrogens (tertiary/aromatic N) is 3. The van der Waals surface area contributed by atoms with Crippen molar-refractivity contribution in [2.45, 2.75) is 13.1 Å². The lowest BCUT2D eigenvalue weighted by Crippen LogP contribution is -2.11. The Hall–Kier alpha value is -2.11. The molecule has 2 rings (SSSR count). The summed E-state index contributed by atoms with van der Waals surface area (Å²) in [7, 11) is 0. The Morgan fingerprint density at radius 3 is 2.67 bits per heavy atom. The molecule has 0 aliphatic rings. The van der Waals surface area contributed by atoms with Crippen LogP contribution >= 0.6 is 0 Å². The molecule has 6 heteroatoms. The summed E-state index contributed by atoms with van der Waals surface area (Å²) >= 11 is 0. The molecule has 2 heterocycles. The molecule has 94 valence electrons. The zero-order valence-electron chi connectivity index (χ0n) is 9.52. The van der Waals surface area contributed by atoms with Gasteiger partial charge in [0.1, 0.15) is 5.69 Å². The molecule has 0 N–H and O–H groups in total. The summed E-state index contributed by atoms with van der Waals surface area (Å²) in [5.74, 6) is 0.142. The molecule has 0 saturated carbocycles. The molecule has 0 atom stereocenters. The van der Waals surface area contributed by atoms with Gasteiger partial charge in [0.2, 0.25) is 0 Å². The first-order valence-electron chi connectivity index (χ1n) is 5.23. The molecule has 0 aliphatic carbocycles. The van der Waals surface area contributed by atoms with Gasteiger partial charge in [0, 0.05) is 0 Å². The van der Waals surface area contributed by atoms with Crippen molar-refractivity contribution >= 4 is 6.08 Å². The highest BCUT2D eigenvalue weighted by molar-refractivity contribution is 5.47.